The Morgan fingerprint density at radius 1 is 0.875 bits per heavy atom. The fraction of sp³-hybridized carbons (Fsp3) is 0.324. The highest BCUT2D eigenvalue weighted by Gasteiger charge is 2.22. The van der Waals surface area contributed by atoms with Crippen molar-refractivity contribution in [3.05, 3.63) is 88.0 Å². The monoisotopic (exact) mass is 684 g/mol. The lowest BCUT2D eigenvalue weighted by atomic mass is 9.98. The molecule has 2 atom stereocenters. The zero-order valence-electron chi connectivity index (χ0n) is 27.0. The highest BCUT2D eigenvalue weighted by molar-refractivity contribution is 6.39. The fourth-order valence-corrected chi connectivity index (χ4v) is 7.10. The minimum atomic E-state index is 0.107. The standard InChI is InChI=1S/C37H38Cl2N6O3/c1-45-21-23(18-41-20-25-15-16-48-25)26-11-13-31(43-36(26)45)29-7-3-5-27(34(29)38)28-6-4-8-30(35(28)39)32-12-9-22(37(44-32)47-2)17-40-19-24-10-14-33(46)42-24/h3-9,11-13,21,24-25,40-41H,10,14-20H2,1-2H3,(H,42,46)/t24-,25+/m1/s1. The topological polar surface area (TPSA) is 102 Å². The molecule has 5 heterocycles. The molecular weight excluding hydrogens is 647 g/mol. The number of hydrogen-bond acceptors (Lipinski definition) is 7. The maximum absolute atomic E-state index is 11.5. The van der Waals surface area contributed by atoms with Crippen LogP contribution in [0.3, 0.4) is 0 Å². The van der Waals surface area contributed by atoms with Crippen molar-refractivity contribution in [2.75, 3.05) is 26.8 Å². The summed E-state index contributed by atoms with van der Waals surface area (Å²) in [5, 5.41) is 12.1. The van der Waals surface area contributed by atoms with E-state index in [1.54, 1.807) is 7.11 Å². The normalized spacial score (nSPS) is 17.5. The fourth-order valence-electron chi connectivity index (χ4n) is 6.45. The molecule has 2 aliphatic heterocycles. The van der Waals surface area contributed by atoms with Crippen molar-refractivity contribution >= 4 is 40.1 Å². The molecule has 48 heavy (non-hydrogen) atoms. The van der Waals surface area contributed by atoms with E-state index in [1.807, 2.05) is 61.6 Å². The Labute approximate surface area is 290 Å². The summed E-state index contributed by atoms with van der Waals surface area (Å²) in [6.45, 7) is 3.72. The van der Waals surface area contributed by atoms with Crippen molar-refractivity contribution in [1.29, 1.82) is 0 Å². The third-order valence-electron chi connectivity index (χ3n) is 9.15. The second-order valence-corrected chi connectivity index (χ2v) is 13.1. The van der Waals surface area contributed by atoms with Crippen LogP contribution in [0.5, 0.6) is 5.88 Å². The van der Waals surface area contributed by atoms with Crippen molar-refractivity contribution in [1.82, 2.24) is 30.5 Å². The molecule has 0 spiro atoms. The number of nitrogens with zero attached hydrogens (tertiary/aromatic N) is 3. The van der Waals surface area contributed by atoms with Gasteiger partial charge in [0.05, 0.1) is 34.6 Å². The highest BCUT2D eigenvalue weighted by Crippen LogP contribution is 2.42. The number of carbonyl (C=O) groups excluding carboxylic acids is 1. The van der Waals surface area contributed by atoms with E-state index < -0.39 is 0 Å². The van der Waals surface area contributed by atoms with Gasteiger partial charge in [0.15, 0.2) is 0 Å². The second kappa shape index (κ2) is 14.2. The van der Waals surface area contributed by atoms with E-state index in [9.17, 15) is 4.79 Å². The Morgan fingerprint density at radius 2 is 1.52 bits per heavy atom. The van der Waals surface area contributed by atoms with E-state index in [2.05, 4.69) is 32.8 Å². The van der Waals surface area contributed by atoms with Crippen LogP contribution in [0.2, 0.25) is 10.0 Å². The summed E-state index contributed by atoms with van der Waals surface area (Å²) in [5.41, 5.74) is 7.71. The van der Waals surface area contributed by atoms with Gasteiger partial charge in [0, 0.05) is 91.7 Å². The van der Waals surface area contributed by atoms with Crippen LogP contribution in [0, 0.1) is 0 Å². The first kappa shape index (κ1) is 32.6. The lowest BCUT2D eigenvalue weighted by molar-refractivity contribution is -0.119. The Kier molecular flexibility index (Phi) is 9.66. The Morgan fingerprint density at radius 3 is 2.17 bits per heavy atom. The summed E-state index contributed by atoms with van der Waals surface area (Å²) in [5.74, 6) is 0.626. The van der Waals surface area contributed by atoms with Crippen LogP contribution in [0.1, 0.15) is 30.4 Å². The largest absolute Gasteiger partial charge is 0.481 e. The molecule has 0 unspecified atom stereocenters. The lowest BCUT2D eigenvalue weighted by Gasteiger charge is -2.26. The van der Waals surface area contributed by atoms with E-state index in [0.717, 1.165) is 77.1 Å². The van der Waals surface area contributed by atoms with E-state index >= 15 is 0 Å². The lowest BCUT2D eigenvalue weighted by Crippen LogP contribution is -2.36. The van der Waals surface area contributed by atoms with Crippen LogP contribution in [0.4, 0.5) is 0 Å². The van der Waals surface area contributed by atoms with E-state index in [-0.39, 0.29) is 11.9 Å². The summed E-state index contributed by atoms with van der Waals surface area (Å²) in [7, 11) is 3.63. The molecule has 0 bridgehead atoms. The molecule has 0 saturated carbocycles. The summed E-state index contributed by atoms with van der Waals surface area (Å²) >= 11 is 14.2. The van der Waals surface area contributed by atoms with Crippen molar-refractivity contribution in [3.8, 4) is 39.5 Å². The average Bonchev–Trinajstić information content (AvgIpc) is 3.64. The molecule has 3 aromatic heterocycles. The minimum absolute atomic E-state index is 0.107. The number of methoxy groups -OCH3 is 1. The highest BCUT2D eigenvalue weighted by atomic mass is 35.5. The molecule has 11 heteroatoms. The zero-order chi connectivity index (χ0) is 33.2. The third kappa shape index (κ3) is 6.66. The van der Waals surface area contributed by atoms with Crippen LogP contribution in [0.15, 0.2) is 66.9 Å². The van der Waals surface area contributed by atoms with Crippen LogP contribution in [0.25, 0.3) is 44.7 Å². The Hall–Kier alpha value is -3.99. The molecule has 248 valence electrons. The Bertz CT molecular complexity index is 1970. The van der Waals surface area contributed by atoms with Gasteiger partial charge in [-0.1, -0.05) is 65.7 Å². The van der Waals surface area contributed by atoms with Crippen molar-refractivity contribution < 1.29 is 14.3 Å². The quantitative estimate of drug-likeness (QED) is 0.137. The van der Waals surface area contributed by atoms with Gasteiger partial charge >= 0.3 is 0 Å². The molecule has 2 aromatic carbocycles. The zero-order valence-corrected chi connectivity index (χ0v) is 28.5. The third-order valence-corrected chi connectivity index (χ3v) is 9.96. The van der Waals surface area contributed by atoms with Crippen LogP contribution in [-0.4, -0.2) is 59.4 Å². The number of carbonyl (C=O) groups is 1. The van der Waals surface area contributed by atoms with Gasteiger partial charge < -0.3 is 30.0 Å². The average molecular weight is 686 g/mol. The Balaban J connectivity index is 1.12. The number of fused-ring (bicyclic) bond motifs is 1. The van der Waals surface area contributed by atoms with Gasteiger partial charge in [0.2, 0.25) is 11.8 Å². The number of hydrogen-bond donors (Lipinski definition) is 3. The smallest absolute Gasteiger partial charge is 0.220 e. The van der Waals surface area contributed by atoms with Gasteiger partial charge in [-0.25, -0.2) is 9.97 Å². The number of benzene rings is 2. The number of halogens is 2. The summed E-state index contributed by atoms with van der Waals surface area (Å²) in [6, 6.07) is 20.1. The molecule has 1 amide bonds. The maximum Gasteiger partial charge on any atom is 0.220 e. The van der Waals surface area contributed by atoms with Gasteiger partial charge in [-0.15, -0.1) is 0 Å². The van der Waals surface area contributed by atoms with Crippen molar-refractivity contribution in [3.63, 3.8) is 0 Å². The van der Waals surface area contributed by atoms with Crippen molar-refractivity contribution in [2.24, 2.45) is 7.05 Å². The molecule has 0 radical (unpaired) electrons. The number of aromatic nitrogens is 3. The molecule has 9 nitrogen and oxygen atoms in total. The van der Waals surface area contributed by atoms with E-state index in [4.69, 9.17) is 42.6 Å². The van der Waals surface area contributed by atoms with Gasteiger partial charge in [0.25, 0.3) is 0 Å². The number of ether oxygens (including phenoxy) is 2. The molecule has 2 fully saturated rings. The molecule has 5 aromatic rings. The van der Waals surface area contributed by atoms with Crippen molar-refractivity contribution in [2.45, 2.75) is 44.5 Å². The van der Waals surface area contributed by atoms with Gasteiger partial charge in [0.1, 0.15) is 5.65 Å². The summed E-state index contributed by atoms with van der Waals surface area (Å²) in [4.78, 5) is 21.4. The molecular formula is C37H38Cl2N6O3. The van der Waals surface area contributed by atoms with E-state index in [1.165, 1.54) is 5.56 Å². The maximum atomic E-state index is 11.5. The molecule has 7 rings (SSSR count). The molecule has 2 aliphatic rings. The van der Waals surface area contributed by atoms with Crippen LogP contribution < -0.4 is 20.7 Å². The molecule has 2 saturated heterocycles. The SMILES string of the molecule is COc1nc(-c2cccc(-c3cccc(-c4ccc5c(CNC[C@@H]6CCO6)cn(C)c5n4)c3Cl)c2Cl)ccc1CNC[C@H]1CCC(=O)N1. The number of amides is 1. The van der Waals surface area contributed by atoms with Gasteiger partial charge in [-0.2, -0.15) is 0 Å². The minimum Gasteiger partial charge on any atom is -0.481 e. The second-order valence-electron chi connectivity index (χ2n) is 12.4. The predicted octanol–water partition coefficient (Wildman–Crippen LogP) is 6.53. The summed E-state index contributed by atoms with van der Waals surface area (Å²) < 4.78 is 13.3. The number of nitrogens with one attached hydrogen (secondary N) is 3. The molecule has 3 N–H and O–H groups in total. The number of rotatable bonds is 12. The summed E-state index contributed by atoms with van der Waals surface area (Å²) in [6.07, 6.45) is 4.99. The molecule has 0 aliphatic carbocycles. The number of aryl methyl sites for hydroxylation is 1. The van der Waals surface area contributed by atoms with Gasteiger partial charge in [-0.05, 0) is 36.6 Å². The van der Waals surface area contributed by atoms with E-state index in [0.29, 0.717) is 47.2 Å². The van der Waals surface area contributed by atoms with Gasteiger partial charge in [-0.3, -0.25) is 4.79 Å². The number of pyridine rings is 2. The van der Waals surface area contributed by atoms with Crippen LogP contribution in [-0.2, 0) is 29.7 Å². The first-order valence-electron chi connectivity index (χ1n) is 16.3. The first-order valence-corrected chi connectivity index (χ1v) is 17.0. The predicted molar refractivity (Wildman–Crippen MR) is 190 cm³/mol. The van der Waals surface area contributed by atoms with Crippen LogP contribution >= 0.6 is 23.2 Å². The first-order chi connectivity index (χ1) is 23.4.